The number of carboxylic acids is 1. The van der Waals surface area contributed by atoms with Crippen LogP contribution in [-0.4, -0.2) is 23.3 Å². The number of benzene rings is 1. The van der Waals surface area contributed by atoms with Gasteiger partial charge in [0.25, 0.3) is 0 Å². The van der Waals surface area contributed by atoms with Crippen molar-refractivity contribution in [3.63, 3.8) is 0 Å². The van der Waals surface area contributed by atoms with Crippen LogP contribution >= 0.6 is 0 Å². The van der Waals surface area contributed by atoms with E-state index < -0.39 is 18.2 Å². The molecule has 0 saturated heterocycles. The number of carbonyl (C=O) groups is 1. The second-order valence-electron chi connectivity index (χ2n) is 4.34. The monoisotopic (exact) mass is 259 g/mol. The molecule has 0 aliphatic carbocycles. The molecule has 98 valence electrons. The lowest BCUT2D eigenvalue weighted by Gasteiger charge is -2.29. The van der Waals surface area contributed by atoms with Gasteiger partial charge in [-0.15, -0.1) is 0 Å². The molecule has 2 rings (SSSR count). The SMILES string of the molecule is O=C(O)Cc1ccc2c(c1)CCC(C(F)(F)F)N2. The molecule has 1 atom stereocenters. The molecule has 1 aromatic carbocycles. The fourth-order valence-corrected chi connectivity index (χ4v) is 2.08. The first-order chi connectivity index (χ1) is 8.36. The van der Waals surface area contributed by atoms with Crippen molar-refractivity contribution in [3.8, 4) is 0 Å². The number of halogens is 3. The number of aliphatic carboxylic acids is 1. The third-order valence-corrected chi connectivity index (χ3v) is 2.95. The van der Waals surface area contributed by atoms with Crippen molar-refractivity contribution in [1.29, 1.82) is 0 Å². The van der Waals surface area contributed by atoms with E-state index in [0.29, 0.717) is 17.7 Å². The second-order valence-corrected chi connectivity index (χ2v) is 4.34. The minimum Gasteiger partial charge on any atom is -0.481 e. The highest BCUT2D eigenvalue weighted by molar-refractivity contribution is 5.71. The molecule has 0 aromatic heterocycles. The van der Waals surface area contributed by atoms with E-state index in [1.807, 2.05) is 0 Å². The van der Waals surface area contributed by atoms with E-state index >= 15 is 0 Å². The van der Waals surface area contributed by atoms with Gasteiger partial charge in [-0.05, 0) is 30.0 Å². The highest BCUT2D eigenvalue weighted by atomic mass is 19.4. The van der Waals surface area contributed by atoms with Crippen LogP contribution in [0.15, 0.2) is 18.2 Å². The predicted octanol–water partition coefficient (Wildman–Crippen LogP) is 2.60. The summed E-state index contributed by atoms with van der Waals surface area (Å²) in [6.07, 6.45) is -4.08. The Balaban J connectivity index is 2.18. The highest BCUT2D eigenvalue weighted by Crippen LogP contribution is 2.33. The van der Waals surface area contributed by atoms with Gasteiger partial charge in [0.15, 0.2) is 0 Å². The number of nitrogens with one attached hydrogen (secondary N) is 1. The molecule has 0 radical (unpaired) electrons. The van der Waals surface area contributed by atoms with E-state index in [-0.39, 0.29) is 12.8 Å². The summed E-state index contributed by atoms with van der Waals surface area (Å²) >= 11 is 0. The maximum absolute atomic E-state index is 12.5. The van der Waals surface area contributed by atoms with Gasteiger partial charge in [0.05, 0.1) is 6.42 Å². The van der Waals surface area contributed by atoms with Gasteiger partial charge in [-0.1, -0.05) is 12.1 Å². The first-order valence-corrected chi connectivity index (χ1v) is 5.53. The fourth-order valence-electron chi connectivity index (χ4n) is 2.08. The largest absolute Gasteiger partial charge is 0.481 e. The van der Waals surface area contributed by atoms with Gasteiger partial charge in [0.1, 0.15) is 6.04 Å². The minimum absolute atomic E-state index is 0.0208. The van der Waals surface area contributed by atoms with Crippen LogP contribution in [0, 0.1) is 0 Å². The number of aryl methyl sites for hydroxylation is 1. The van der Waals surface area contributed by atoms with E-state index in [0.717, 1.165) is 5.56 Å². The Kier molecular flexibility index (Phi) is 3.19. The number of carboxylic acid groups (broad SMARTS) is 1. The summed E-state index contributed by atoms with van der Waals surface area (Å²) in [5.41, 5.74) is 1.79. The molecule has 0 fully saturated rings. The third-order valence-electron chi connectivity index (χ3n) is 2.95. The summed E-state index contributed by atoms with van der Waals surface area (Å²) in [7, 11) is 0. The van der Waals surface area contributed by atoms with Gasteiger partial charge in [0, 0.05) is 5.69 Å². The van der Waals surface area contributed by atoms with Crippen LogP contribution in [0.2, 0.25) is 0 Å². The molecule has 0 bridgehead atoms. The summed E-state index contributed by atoms with van der Waals surface area (Å²) in [4.78, 5) is 10.6. The molecule has 1 heterocycles. The molecule has 18 heavy (non-hydrogen) atoms. The number of hydrogen-bond acceptors (Lipinski definition) is 2. The predicted molar refractivity (Wildman–Crippen MR) is 59.6 cm³/mol. The van der Waals surface area contributed by atoms with Gasteiger partial charge in [-0.25, -0.2) is 0 Å². The standard InChI is InChI=1S/C12H12F3NO2/c13-12(14,15)10-4-2-8-5-7(6-11(17)18)1-3-9(8)16-10/h1,3,5,10,16H,2,4,6H2,(H,17,18). The molecule has 0 amide bonds. The fraction of sp³-hybridized carbons (Fsp3) is 0.417. The Labute approximate surface area is 102 Å². The average Bonchev–Trinajstić information content (AvgIpc) is 2.26. The van der Waals surface area contributed by atoms with E-state index in [1.165, 1.54) is 6.07 Å². The lowest BCUT2D eigenvalue weighted by atomic mass is 9.95. The molecule has 6 heteroatoms. The maximum Gasteiger partial charge on any atom is 0.408 e. The number of fused-ring (bicyclic) bond motifs is 1. The van der Waals surface area contributed by atoms with Crippen LogP contribution in [0.4, 0.5) is 18.9 Å². The van der Waals surface area contributed by atoms with Crippen LogP contribution in [0.25, 0.3) is 0 Å². The molecule has 1 aliphatic heterocycles. The van der Waals surface area contributed by atoms with Gasteiger partial charge >= 0.3 is 12.1 Å². The number of alkyl halides is 3. The van der Waals surface area contributed by atoms with Crippen LogP contribution < -0.4 is 5.32 Å². The normalized spacial score (nSPS) is 18.9. The molecular formula is C12H12F3NO2. The van der Waals surface area contributed by atoms with Crippen LogP contribution in [-0.2, 0) is 17.6 Å². The van der Waals surface area contributed by atoms with E-state index in [2.05, 4.69) is 5.32 Å². The molecule has 1 aliphatic rings. The van der Waals surface area contributed by atoms with Crippen molar-refractivity contribution in [1.82, 2.24) is 0 Å². The third kappa shape index (κ3) is 2.75. The Morgan fingerprint density at radius 2 is 2.17 bits per heavy atom. The maximum atomic E-state index is 12.5. The molecule has 0 saturated carbocycles. The van der Waals surface area contributed by atoms with Gasteiger partial charge in [-0.3, -0.25) is 4.79 Å². The van der Waals surface area contributed by atoms with Crippen LogP contribution in [0.1, 0.15) is 17.5 Å². The lowest BCUT2D eigenvalue weighted by molar-refractivity contribution is -0.144. The van der Waals surface area contributed by atoms with Crippen molar-refractivity contribution in [2.24, 2.45) is 0 Å². The number of rotatable bonds is 2. The molecule has 2 N–H and O–H groups in total. The molecule has 1 unspecified atom stereocenters. The zero-order valence-electron chi connectivity index (χ0n) is 9.42. The molecule has 0 spiro atoms. The van der Waals surface area contributed by atoms with E-state index in [9.17, 15) is 18.0 Å². The van der Waals surface area contributed by atoms with Crippen LogP contribution in [0.3, 0.4) is 0 Å². The first-order valence-electron chi connectivity index (χ1n) is 5.53. The van der Waals surface area contributed by atoms with Crippen molar-refractivity contribution >= 4 is 11.7 Å². The Hall–Kier alpha value is -1.72. The molecule has 3 nitrogen and oxygen atoms in total. The summed E-state index contributed by atoms with van der Waals surface area (Å²) < 4.78 is 37.6. The van der Waals surface area contributed by atoms with Crippen LogP contribution in [0.5, 0.6) is 0 Å². The van der Waals surface area contributed by atoms with E-state index in [4.69, 9.17) is 5.11 Å². The summed E-state index contributed by atoms with van der Waals surface area (Å²) in [6, 6.07) is 3.20. The van der Waals surface area contributed by atoms with Gasteiger partial charge < -0.3 is 10.4 Å². The summed E-state index contributed by atoms with van der Waals surface area (Å²) in [5, 5.41) is 11.1. The average molecular weight is 259 g/mol. The Morgan fingerprint density at radius 3 is 2.78 bits per heavy atom. The number of anilines is 1. The zero-order valence-corrected chi connectivity index (χ0v) is 9.42. The van der Waals surface area contributed by atoms with Gasteiger partial charge in [0.2, 0.25) is 0 Å². The van der Waals surface area contributed by atoms with Crippen molar-refractivity contribution in [2.75, 3.05) is 5.32 Å². The molecule has 1 aromatic rings. The number of hydrogen-bond donors (Lipinski definition) is 2. The van der Waals surface area contributed by atoms with Crippen molar-refractivity contribution in [2.45, 2.75) is 31.5 Å². The van der Waals surface area contributed by atoms with Crippen molar-refractivity contribution < 1.29 is 23.1 Å². The van der Waals surface area contributed by atoms with Gasteiger partial charge in [-0.2, -0.15) is 13.2 Å². The topological polar surface area (TPSA) is 49.3 Å². The van der Waals surface area contributed by atoms with E-state index in [1.54, 1.807) is 12.1 Å². The first kappa shape index (κ1) is 12.7. The highest BCUT2D eigenvalue weighted by Gasteiger charge is 2.41. The second kappa shape index (κ2) is 4.51. The minimum atomic E-state index is -4.25. The quantitative estimate of drug-likeness (QED) is 0.858. The Morgan fingerprint density at radius 1 is 1.44 bits per heavy atom. The summed E-state index contributed by atoms with van der Waals surface area (Å²) in [5.74, 6) is -0.952. The Bertz CT molecular complexity index is 471. The molecular weight excluding hydrogens is 247 g/mol. The zero-order chi connectivity index (χ0) is 13.3. The smallest absolute Gasteiger partial charge is 0.408 e. The summed E-state index contributed by atoms with van der Waals surface area (Å²) in [6.45, 7) is 0. The lowest BCUT2D eigenvalue weighted by Crippen LogP contribution is -2.39. The van der Waals surface area contributed by atoms with Crippen molar-refractivity contribution in [3.05, 3.63) is 29.3 Å².